The summed E-state index contributed by atoms with van der Waals surface area (Å²) >= 11 is 2.78. The van der Waals surface area contributed by atoms with Gasteiger partial charge in [-0.3, -0.25) is 4.72 Å². The van der Waals surface area contributed by atoms with Crippen molar-refractivity contribution in [2.45, 2.75) is 42.3 Å². The molecule has 1 aromatic heterocycles. The summed E-state index contributed by atoms with van der Waals surface area (Å²) in [5.74, 6) is 1.29. The summed E-state index contributed by atoms with van der Waals surface area (Å²) in [4.78, 5) is 0.236. The van der Waals surface area contributed by atoms with Crippen LogP contribution < -0.4 is 4.72 Å². The summed E-state index contributed by atoms with van der Waals surface area (Å²) in [5.41, 5.74) is 2.31. The van der Waals surface area contributed by atoms with Crippen molar-refractivity contribution in [1.29, 1.82) is 0 Å². The molecular weight excluding hydrogens is 434 g/mol. The lowest BCUT2D eigenvalue weighted by Crippen LogP contribution is -2.12. The highest BCUT2D eigenvalue weighted by Crippen LogP contribution is 2.27. The summed E-state index contributed by atoms with van der Waals surface area (Å²) < 4.78 is 27.9. The van der Waals surface area contributed by atoms with Crippen molar-refractivity contribution >= 4 is 44.3 Å². The fraction of sp³-hybridized carbons (Fsp3) is 0.273. The Morgan fingerprint density at radius 1 is 1.10 bits per heavy atom. The molecule has 1 N–H and O–H groups in total. The standard InChI is InChI=1S/C14H19N3O2S3.C8H8/c1-4-10(3)11-6-8-12(9-7-11)22(18,19)17-13-15-16-14(21-13)20-5-2;1-2-8-6-4-3-5-7-8/h6-10H,4-5H2,1-3H3,(H,15,17);2-7H,1H2. The zero-order chi connectivity index (χ0) is 22.0. The predicted octanol–water partition coefficient (Wildman–Crippen LogP) is 6.29. The van der Waals surface area contributed by atoms with Crippen LogP contribution in [0.4, 0.5) is 5.13 Å². The molecule has 1 unspecified atom stereocenters. The van der Waals surface area contributed by atoms with Crippen molar-refractivity contribution in [3.05, 3.63) is 72.3 Å². The van der Waals surface area contributed by atoms with Crippen LogP contribution in [-0.4, -0.2) is 24.4 Å². The first-order valence-corrected chi connectivity index (χ1v) is 12.9. The van der Waals surface area contributed by atoms with E-state index in [4.69, 9.17) is 0 Å². The van der Waals surface area contributed by atoms with Crippen LogP contribution >= 0.6 is 23.1 Å². The molecule has 2 aromatic carbocycles. The lowest BCUT2D eigenvalue weighted by Gasteiger charge is -2.10. The summed E-state index contributed by atoms with van der Waals surface area (Å²) in [7, 11) is -3.62. The van der Waals surface area contributed by atoms with Gasteiger partial charge in [0.05, 0.1) is 4.90 Å². The topological polar surface area (TPSA) is 72.0 Å². The Morgan fingerprint density at radius 2 is 1.77 bits per heavy atom. The van der Waals surface area contributed by atoms with Crippen LogP contribution in [0.3, 0.4) is 0 Å². The number of rotatable bonds is 8. The summed E-state index contributed by atoms with van der Waals surface area (Å²) in [6, 6.07) is 17.0. The third-order valence-corrected chi connectivity index (χ3v) is 7.64. The van der Waals surface area contributed by atoms with E-state index in [0.29, 0.717) is 11.0 Å². The zero-order valence-corrected chi connectivity index (χ0v) is 19.9. The highest BCUT2D eigenvalue weighted by Gasteiger charge is 2.17. The van der Waals surface area contributed by atoms with Crippen molar-refractivity contribution in [2.24, 2.45) is 0 Å². The molecule has 0 aliphatic rings. The fourth-order valence-corrected chi connectivity index (χ4v) is 5.29. The molecule has 5 nitrogen and oxygen atoms in total. The van der Waals surface area contributed by atoms with E-state index in [-0.39, 0.29) is 4.90 Å². The monoisotopic (exact) mass is 461 g/mol. The van der Waals surface area contributed by atoms with E-state index in [9.17, 15) is 8.42 Å². The van der Waals surface area contributed by atoms with Crippen molar-refractivity contribution in [1.82, 2.24) is 10.2 Å². The van der Waals surface area contributed by atoms with E-state index in [1.807, 2.05) is 55.5 Å². The van der Waals surface area contributed by atoms with E-state index in [0.717, 1.165) is 22.1 Å². The summed E-state index contributed by atoms with van der Waals surface area (Å²) in [6.45, 7) is 9.87. The molecule has 160 valence electrons. The molecule has 8 heteroatoms. The SMILES string of the molecule is C=Cc1ccccc1.CCSc1nnc(NS(=O)(=O)c2ccc(C(C)CC)cc2)s1. The van der Waals surface area contributed by atoms with Gasteiger partial charge in [0.25, 0.3) is 10.0 Å². The molecule has 30 heavy (non-hydrogen) atoms. The molecule has 3 aromatic rings. The molecule has 0 bridgehead atoms. The number of sulfonamides is 1. The first kappa shape index (κ1) is 24.1. The lowest BCUT2D eigenvalue weighted by molar-refractivity contribution is 0.601. The van der Waals surface area contributed by atoms with E-state index in [1.165, 1.54) is 28.7 Å². The number of benzene rings is 2. The lowest BCUT2D eigenvalue weighted by atomic mass is 9.99. The number of hydrogen-bond acceptors (Lipinski definition) is 6. The molecule has 0 spiro atoms. The highest BCUT2D eigenvalue weighted by molar-refractivity contribution is 8.01. The number of nitrogens with zero attached hydrogens (tertiary/aromatic N) is 2. The van der Waals surface area contributed by atoms with Crippen LogP contribution in [0.5, 0.6) is 0 Å². The van der Waals surface area contributed by atoms with Crippen molar-refractivity contribution < 1.29 is 8.42 Å². The maximum Gasteiger partial charge on any atom is 0.263 e. The normalized spacial score (nSPS) is 11.8. The molecular formula is C22H27N3O2S3. The number of thioether (sulfide) groups is 1. The van der Waals surface area contributed by atoms with E-state index in [2.05, 4.69) is 35.3 Å². The quantitative estimate of drug-likeness (QED) is 0.399. The number of anilines is 1. The Balaban J connectivity index is 0.000000335. The Labute approximate surface area is 187 Å². The second-order valence-corrected chi connectivity index (χ2v) is 10.6. The first-order chi connectivity index (χ1) is 14.4. The second-order valence-electron chi connectivity index (χ2n) is 6.40. The van der Waals surface area contributed by atoms with Gasteiger partial charge in [-0.2, -0.15) is 0 Å². The summed E-state index contributed by atoms with van der Waals surface area (Å²) in [5, 5.41) is 8.09. The Kier molecular flexibility index (Phi) is 9.55. The van der Waals surface area contributed by atoms with Crippen LogP contribution in [0.15, 0.2) is 70.4 Å². The van der Waals surface area contributed by atoms with E-state index in [1.54, 1.807) is 12.1 Å². The van der Waals surface area contributed by atoms with Gasteiger partial charge in [0.15, 0.2) is 4.34 Å². The predicted molar refractivity (Wildman–Crippen MR) is 129 cm³/mol. The van der Waals surface area contributed by atoms with Crippen LogP contribution in [0.1, 0.15) is 44.2 Å². The van der Waals surface area contributed by atoms with Crippen LogP contribution in [0.2, 0.25) is 0 Å². The van der Waals surface area contributed by atoms with Gasteiger partial charge in [0.1, 0.15) is 0 Å². The first-order valence-electron chi connectivity index (χ1n) is 9.66. The largest absolute Gasteiger partial charge is 0.263 e. The number of nitrogens with one attached hydrogen (secondary N) is 1. The number of aromatic nitrogens is 2. The molecule has 0 aliphatic carbocycles. The van der Waals surface area contributed by atoms with E-state index >= 15 is 0 Å². The van der Waals surface area contributed by atoms with Gasteiger partial charge in [-0.05, 0) is 41.4 Å². The van der Waals surface area contributed by atoms with Crippen LogP contribution in [-0.2, 0) is 10.0 Å². The van der Waals surface area contributed by atoms with Gasteiger partial charge < -0.3 is 0 Å². The smallest absolute Gasteiger partial charge is 0.253 e. The Bertz CT molecular complexity index is 1020. The van der Waals surface area contributed by atoms with Crippen LogP contribution in [0, 0.1) is 0 Å². The minimum absolute atomic E-state index is 0.236. The van der Waals surface area contributed by atoms with Crippen molar-refractivity contribution in [3.63, 3.8) is 0 Å². The minimum Gasteiger partial charge on any atom is -0.253 e. The fourth-order valence-electron chi connectivity index (χ4n) is 2.41. The second kappa shape index (κ2) is 11.9. The van der Waals surface area contributed by atoms with Gasteiger partial charge in [0, 0.05) is 0 Å². The molecule has 1 heterocycles. The van der Waals surface area contributed by atoms with E-state index < -0.39 is 10.0 Å². The van der Waals surface area contributed by atoms with Gasteiger partial charge in [0.2, 0.25) is 5.13 Å². The average molecular weight is 462 g/mol. The zero-order valence-electron chi connectivity index (χ0n) is 17.4. The molecule has 0 saturated heterocycles. The Hall–Kier alpha value is -2.16. The maximum atomic E-state index is 12.3. The van der Waals surface area contributed by atoms with Crippen LogP contribution in [0.25, 0.3) is 6.08 Å². The molecule has 1 atom stereocenters. The molecule has 0 radical (unpaired) electrons. The molecule has 0 saturated carbocycles. The maximum absolute atomic E-state index is 12.3. The molecule has 0 fully saturated rings. The van der Waals surface area contributed by atoms with Crippen molar-refractivity contribution in [2.75, 3.05) is 10.5 Å². The number of hydrogen-bond donors (Lipinski definition) is 1. The molecule has 0 amide bonds. The van der Waals surface area contributed by atoms with Gasteiger partial charge in [-0.1, -0.05) is 99.0 Å². The van der Waals surface area contributed by atoms with Crippen molar-refractivity contribution in [3.8, 4) is 0 Å². The summed E-state index contributed by atoms with van der Waals surface area (Å²) in [6.07, 6.45) is 2.85. The highest BCUT2D eigenvalue weighted by atomic mass is 32.2. The van der Waals surface area contributed by atoms with Gasteiger partial charge in [-0.25, -0.2) is 8.42 Å². The molecule has 3 rings (SSSR count). The third-order valence-electron chi connectivity index (χ3n) is 4.30. The molecule has 0 aliphatic heterocycles. The third kappa shape index (κ3) is 7.27. The Morgan fingerprint density at radius 3 is 2.30 bits per heavy atom. The minimum atomic E-state index is -3.62. The van der Waals surface area contributed by atoms with Gasteiger partial charge >= 0.3 is 0 Å². The average Bonchev–Trinajstić information content (AvgIpc) is 3.20. The van der Waals surface area contributed by atoms with Gasteiger partial charge in [-0.15, -0.1) is 10.2 Å².